The quantitative estimate of drug-likeness (QED) is 0.570. The largest absolute Gasteiger partial charge is 0.215 e. The first-order chi connectivity index (χ1) is 10.3. The number of hydrogen-bond acceptors (Lipinski definition) is 6. The summed E-state index contributed by atoms with van der Waals surface area (Å²) in [6.45, 7) is 0. The van der Waals surface area contributed by atoms with E-state index >= 15 is 0 Å². The van der Waals surface area contributed by atoms with Crippen LogP contribution >= 0.6 is 34.0 Å². The highest BCUT2D eigenvalue weighted by atomic mass is 32.1. The van der Waals surface area contributed by atoms with Crippen molar-refractivity contribution < 1.29 is 0 Å². The average molecular weight is 328 g/mol. The normalized spacial score (nSPS) is 11.0. The number of fused-ring (bicyclic) bond motifs is 1. The summed E-state index contributed by atoms with van der Waals surface area (Å²) < 4.78 is 1.67. The van der Waals surface area contributed by atoms with Gasteiger partial charge in [-0.3, -0.25) is 0 Å². The van der Waals surface area contributed by atoms with Crippen LogP contribution in [0, 0.1) is 11.3 Å². The smallest absolute Gasteiger partial charge is 0.214 e. The fraction of sp³-hybridized carbons (Fsp3) is 0.0714. The molecule has 102 valence electrons. The fourth-order valence-electron chi connectivity index (χ4n) is 2.11. The number of nitriles is 1. The molecule has 0 saturated carbocycles. The lowest BCUT2D eigenvalue weighted by molar-refractivity contribution is 0.912. The number of rotatable bonds is 3. The van der Waals surface area contributed by atoms with Gasteiger partial charge in [0.05, 0.1) is 4.88 Å². The molecule has 0 N–H and O–H groups in total. The second kappa shape index (κ2) is 5.07. The summed E-state index contributed by atoms with van der Waals surface area (Å²) in [5.74, 6) is 0. The molecule has 4 aromatic rings. The van der Waals surface area contributed by atoms with Crippen molar-refractivity contribution in [1.82, 2.24) is 14.6 Å². The highest BCUT2D eigenvalue weighted by molar-refractivity contribution is 7.17. The van der Waals surface area contributed by atoms with E-state index in [1.807, 2.05) is 23.6 Å². The molecule has 4 nitrogen and oxygen atoms in total. The van der Waals surface area contributed by atoms with E-state index in [4.69, 9.17) is 0 Å². The Kier molecular flexibility index (Phi) is 3.07. The Labute approximate surface area is 132 Å². The lowest BCUT2D eigenvalue weighted by atomic mass is 10.3. The van der Waals surface area contributed by atoms with E-state index < -0.39 is 0 Å². The summed E-state index contributed by atoms with van der Waals surface area (Å²) >= 11 is 4.84. The molecule has 4 heterocycles. The van der Waals surface area contributed by atoms with Gasteiger partial charge in [-0.15, -0.1) is 22.7 Å². The van der Waals surface area contributed by atoms with Gasteiger partial charge >= 0.3 is 0 Å². The summed E-state index contributed by atoms with van der Waals surface area (Å²) in [4.78, 5) is 7.64. The molecule has 0 spiro atoms. The van der Waals surface area contributed by atoms with Crippen LogP contribution in [0.2, 0.25) is 0 Å². The molecule has 0 bridgehead atoms. The van der Waals surface area contributed by atoms with Crippen molar-refractivity contribution in [2.45, 2.75) is 6.42 Å². The Morgan fingerprint density at radius 3 is 2.76 bits per heavy atom. The number of thiophene rings is 2. The fourth-order valence-corrected chi connectivity index (χ4v) is 4.54. The first-order valence-electron chi connectivity index (χ1n) is 6.20. The van der Waals surface area contributed by atoms with Gasteiger partial charge in [-0.1, -0.05) is 23.5 Å². The maximum atomic E-state index is 9.43. The third kappa shape index (κ3) is 2.17. The SMILES string of the molecule is N#Cc1c(-c2cccs2)nc2sc(Cc3cccs3)nn12. The topological polar surface area (TPSA) is 54.0 Å². The van der Waals surface area contributed by atoms with Crippen LogP contribution < -0.4 is 0 Å². The van der Waals surface area contributed by atoms with Gasteiger partial charge in [-0.05, 0) is 22.9 Å². The Morgan fingerprint density at radius 2 is 2.05 bits per heavy atom. The molecule has 4 aromatic heterocycles. The molecule has 0 aromatic carbocycles. The molecule has 0 fully saturated rings. The minimum absolute atomic E-state index is 0.515. The van der Waals surface area contributed by atoms with E-state index in [0.29, 0.717) is 5.69 Å². The monoisotopic (exact) mass is 328 g/mol. The predicted octanol–water partition coefficient (Wildman–Crippen LogP) is 4.04. The molecule has 0 aliphatic carbocycles. The van der Waals surface area contributed by atoms with Crippen LogP contribution in [-0.4, -0.2) is 14.6 Å². The van der Waals surface area contributed by atoms with Crippen LogP contribution in [0.3, 0.4) is 0 Å². The van der Waals surface area contributed by atoms with Gasteiger partial charge in [-0.25, -0.2) is 4.98 Å². The van der Waals surface area contributed by atoms with Gasteiger partial charge in [0, 0.05) is 11.3 Å². The Hall–Kier alpha value is -2.01. The van der Waals surface area contributed by atoms with Crippen LogP contribution in [0.5, 0.6) is 0 Å². The first-order valence-corrected chi connectivity index (χ1v) is 8.77. The molecule has 0 aliphatic heterocycles. The predicted molar refractivity (Wildman–Crippen MR) is 86.0 cm³/mol. The standard InChI is InChI=1S/C14H8N4S3/c15-8-10-13(11-4-2-6-20-11)16-14-18(10)17-12(21-14)7-9-3-1-5-19-9/h1-6H,7H2. The van der Waals surface area contributed by atoms with Gasteiger partial charge in [-0.2, -0.15) is 14.9 Å². The van der Waals surface area contributed by atoms with E-state index in [1.54, 1.807) is 38.5 Å². The summed E-state index contributed by atoms with van der Waals surface area (Å²) in [5, 5.41) is 19.0. The molecule has 21 heavy (non-hydrogen) atoms. The van der Waals surface area contributed by atoms with Crippen LogP contribution in [-0.2, 0) is 6.42 Å². The van der Waals surface area contributed by atoms with Crippen LogP contribution in [0.15, 0.2) is 35.0 Å². The molecular weight excluding hydrogens is 320 g/mol. The van der Waals surface area contributed by atoms with Crippen molar-refractivity contribution in [1.29, 1.82) is 5.26 Å². The molecule has 4 rings (SSSR count). The zero-order valence-electron chi connectivity index (χ0n) is 10.7. The van der Waals surface area contributed by atoms with Gasteiger partial charge in [0.2, 0.25) is 4.96 Å². The summed E-state index contributed by atoms with van der Waals surface area (Å²) in [6.07, 6.45) is 0.797. The molecule has 0 atom stereocenters. The molecule has 0 unspecified atom stereocenters. The molecule has 0 radical (unpaired) electrons. The molecule has 0 aliphatic rings. The minimum atomic E-state index is 0.515. The highest BCUT2D eigenvalue weighted by Crippen LogP contribution is 2.30. The van der Waals surface area contributed by atoms with Gasteiger partial charge in [0.1, 0.15) is 16.8 Å². The zero-order valence-corrected chi connectivity index (χ0v) is 13.1. The minimum Gasteiger partial charge on any atom is -0.215 e. The number of hydrogen-bond donors (Lipinski definition) is 0. The van der Waals surface area contributed by atoms with Crippen molar-refractivity contribution in [3.63, 3.8) is 0 Å². The van der Waals surface area contributed by atoms with Crippen molar-refractivity contribution in [3.05, 3.63) is 50.6 Å². The third-order valence-electron chi connectivity index (χ3n) is 3.01. The molecular formula is C14H8N4S3. The van der Waals surface area contributed by atoms with Crippen molar-refractivity contribution >= 4 is 39.0 Å². The lowest BCUT2D eigenvalue weighted by Gasteiger charge is -1.92. The van der Waals surface area contributed by atoms with Crippen LogP contribution in [0.25, 0.3) is 15.5 Å². The first kappa shape index (κ1) is 12.7. The van der Waals surface area contributed by atoms with Crippen LogP contribution in [0.1, 0.15) is 15.6 Å². The molecule has 0 amide bonds. The third-order valence-corrected chi connectivity index (χ3v) is 5.67. The van der Waals surface area contributed by atoms with Crippen molar-refractivity contribution in [2.75, 3.05) is 0 Å². The van der Waals surface area contributed by atoms with E-state index in [9.17, 15) is 5.26 Å². The molecule has 0 saturated heterocycles. The summed E-state index contributed by atoms with van der Waals surface area (Å²) in [5.41, 5.74) is 1.25. The summed E-state index contributed by atoms with van der Waals surface area (Å²) in [7, 11) is 0. The highest BCUT2D eigenvalue weighted by Gasteiger charge is 2.18. The average Bonchev–Trinajstić information content (AvgIpc) is 3.23. The van der Waals surface area contributed by atoms with Crippen molar-refractivity contribution in [2.24, 2.45) is 0 Å². The molecule has 7 heteroatoms. The van der Waals surface area contributed by atoms with Gasteiger partial charge in [0.15, 0.2) is 5.69 Å². The van der Waals surface area contributed by atoms with E-state index in [2.05, 4.69) is 27.6 Å². The van der Waals surface area contributed by atoms with E-state index in [0.717, 1.165) is 27.0 Å². The van der Waals surface area contributed by atoms with Crippen molar-refractivity contribution in [3.8, 4) is 16.6 Å². The maximum absolute atomic E-state index is 9.43. The Bertz CT molecular complexity index is 923. The van der Waals surface area contributed by atoms with Gasteiger partial charge in [0.25, 0.3) is 0 Å². The van der Waals surface area contributed by atoms with E-state index in [-0.39, 0.29) is 0 Å². The second-order valence-electron chi connectivity index (χ2n) is 4.34. The zero-order chi connectivity index (χ0) is 14.2. The maximum Gasteiger partial charge on any atom is 0.214 e. The lowest BCUT2D eigenvalue weighted by Crippen LogP contribution is -1.92. The second-order valence-corrected chi connectivity index (χ2v) is 7.36. The van der Waals surface area contributed by atoms with Crippen LogP contribution in [0.4, 0.5) is 0 Å². The Morgan fingerprint density at radius 1 is 1.19 bits per heavy atom. The summed E-state index contributed by atoms with van der Waals surface area (Å²) in [6, 6.07) is 10.3. The number of nitrogens with zero attached hydrogens (tertiary/aromatic N) is 4. The number of imidazole rings is 1. The Balaban J connectivity index is 1.80. The van der Waals surface area contributed by atoms with Gasteiger partial charge < -0.3 is 0 Å². The van der Waals surface area contributed by atoms with E-state index in [1.165, 1.54) is 4.88 Å². The number of aromatic nitrogens is 3.